The highest BCUT2D eigenvalue weighted by atomic mass is 16.5. The van der Waals surface area contributed by atoms with E-state index in [-0.39, 0.29) is 11.9 Å². The van der Waals surface area contributed by atoms with E-state index in [1.165, 1.54) is 12.7 Å². The molecule has 0 N–H and O–H groups in total. The average Bonchev–Trinajstić information content (AvgIpc) is 2.53. The van der Waals surface area contributed by atoms with Crippen LogP contribution in [0, 0.1) is 11.8 Å². The number of hydrogen-bond acceptors (Lipinski definition) is 3. The van der Waals surface area contributed by atoms with Gasteiger partial charge in [-0.3, -0.25) is 4.79 Å². The van der Waals surface area contributed by atoms with Crippen LogP contribution in [0.5, 0.6) is 5.75 Å². The Morgan fingerprint density at radius 1 is 1.15 bits per heavy atom. The summed E-state index contributed by atoms with van der Waals surface area (Å²) in [5, 5.41) is 0. The molecule has 0 saturated heterocycles. The molecule has 0 heterocycles. The molecule has 0 radical (unpaired) electrons. The van der Waals surface area contributed by atoms with Crippen LogP contribution in [0.2, 0.25) is 0 Å². The van der Waals surface area contributed by atoms with Crippen molar-refractivity contribution in [2.24, 2.45) is 11.8 Å². The van der Waals surface area contributed by atoms with Crippen LogP contribution >= 0.6 is 0 Å². The molecule has 1 aromatic carbocycles. The molecule has 0 unspecified atom stereocenters. The lowest BCUT2D eigenvalue weighted by molar-refractivity contribution is -0.146. The Kier molecular flexibility index (Phi) is 5.45. The highest BCUT2D eigenvalue weighted by molar-refractivity contribution is 5.72. The minimum Gasteiger partial charge on any atom is -0.493 e. The lowest BCUT2D eigenvalue weighted by Gasteiger charge is -2.26. The van der Waals surface area contributed by atoms with Crippen LogP contribution in [0.1, 0.15) is 38.2 Å². The molecule has 1 aliphatic carbocycles. The first-order valence-electron chi connectivity index (χ1n) is 7.52. The number of rotatable bonds is 5. The van der Waals surface area contributed by atoms with E-state index < -0.39 is 0 Å². The van der Waals surface area contributed by atoms with E-state index in [1.807, 2.05) is 12.1 Å². The normalized spacial score (nSPS) is 22.3. The Balaban J connectivity index is 1.74. The zero-order valence-electron chi connectivity index (χ0n) is 12.4. The molecule has 1 fully saturated rings. The van der Waals surface area contributed by atoms with E-state index in [0.717, 1.165) is 44.5 Å². The molecule has 3 nitrogen and oxygen atoms in total. The van der Waals surface area contributed by atoms with Gasteiger partial charge in [-0.1, -0.05) is 19.1 Å². The van der Waals surface area contributed by atoms with Gasteiger partial charge in [-0.15, -0.1) is 0 Å². The molecule has 1 aliphatic rings. The summed E-state index contributed by atoms with van der Waals surface area (Å²) in [4.78, 5) is 11.5. The summed E-state index contributed by atoms with van der Waals surface area (Å²) in [6, 6.07) is 8.31. The fourth-order valence-electron chi connectivity index (χ4n) is 2.77. The van der Waals surface area contributed by atoms with E-state index in [2.05, 4.69) is 19.1 Å². The minimum atomic E-state index is -0.0560. The van der Waals surface area contributed by atoms with Crippen molar-refractivity contribution in [3.05, 3.63) is 29.8 Å². The molecule has 0 atom stereocenters. The maximum Gasteiger partial charge on any atom is 0.308 e. The minimum absolute atomic E-state index is 0.0560. The van der Waals surface area contributed by atoms with Crippen LogP contribution < -0.4 is 4.74 Å². The second-order valence-electron chi connectivity index (χ2n) is 5.55. The summed E-state index contributed by atoms with van der Waals surface area (Å²) >= 11 is 0. The highest BCUT2D eigenvalue weighted by Gasteiger charge is 2.27. The zero-order valence-corrected chi connectivity index (χ0v) is 12.4. The van der Waals surface area contributed by atoms with Crippen molar-refractivity contribution >= 4 is 5.97 Å². The molecular weight excluding hydrogens is 252 g/mol. The van der Waals surface area contributed by atoms with Crippen molar-refractivity contribution in [1.29, 1.82) is 0 Å². The number of carbonyl (C=O) groups is 1. The largest absolute Gasteiger partial charge is 0.493 e. The molecule has 0 amide bonds. The summed E-state index contributed by atoms with van der Waals surface area (Å²) in [6.45, 7) is 2.90. The topological polar surface area (TPSA) is 35.5 Å². The van der Waals surface area contributed by atoms with Crippen molar-refractivity contribution < 1.29 is 14.3 Å². The van der Waals surface area contributed by atoms with Crippen molar-refractivity contribution in [3.8, 4) is 5.75 Å². The SMILES string of the molecule is CCc1ccc(OC[C@H]2CC[C@@H](C(=O)OC)CC2)cc1. The Labute approximate surface area is 121 Å². The van der Waals surface area contributed by atoms with E-state index in [4.69, 9.17) is 9.47 Å². The van der Waals surface area contributed by atoms with Gasteiger partial charge in [0.15, 0.2) is 0 Å². The van der Waals surface area contributed by atoms with Gasteiger partial charge in [-0.2, -0.15) is 0 Å². The maximum atomic E-state index is 11.5. The maximum absolute atomic E-state index is 11.5. The lowest BCUT2D eigenvalue weighted by atomic mass is 9.82. The van der Waals surface area contributed by atoms with Crippen molar-refractivity contribution in [1.82, 2.24) is 0 Å². The second kappa shape index (κ2) is 7.32. The third kappa shape index (κ3) is 3.99. The molecule has 110 valence electrons. The van der Waals surface area contributed by atoms with Gasteiger partial charge in [0.05, 0.1) is 19.6 Å². The zero-order chi connectivity index (χ0) is 14.4. The summed E-state index contributed by atoms with van der Waals surface area (Å²) in [7, 11) is 1.47. The molecule has 2 rings (SSSR count). The van der Waals surface area contributed by atoms with Crippen LogP contribution in [-0.2, 0) is 16.0 Å². The average molecular weight is 276 g/mol. The molecular formula is C17H24O3. The molecule has 0 bridgehead atoms. The number of hydrogen-bond donors (Lipinski definition) is 0. The molecule has 3 heteroatoms. The fraction of sp³-hybridized carbons (Fsp3) is 0.588. The van der Waals surface area contributed by atoms with Crippen molar-refractivity contribution in [2.75, 3.05) is 13.7 Å². The number of aryl methyl sites for hydroxylation is 1. The molecule has 20 heavy (non-hydrogen) atoms. The Morgan fingerprint density at radius 3 is 2.35 bits per heavy atom. The number of benzene rings is 1. The number of methoxy groups -OCH3 is 1. The van der Waals surface area contributed by atoms with Crippen molar-refractivity contribution in [3.63, 3.8) is 0 Å². The molecule has 1 aromatic rings. The molecule has 0 aliphatic heterocycles. The van der Waals surface area contributed by atoms with Gasteiger partial charge in [0.25, 0.3) is 0 Å². The standard InChI is InChI=1S/C17H24O3/c1-3-13-6-10-16(11-7-13)20-12-14-4-8-15(9-5-14)17(18)19-2/h6-7,10-11,14-15H,3-5,8-9,12H2,1-2H3/t14-,15+. The van der Waals surface area contributed by atoms with E-state index in [9.17, 15) is 4.79 Å². The van der Waals surface area contributed by atoms with Crippen LogP contribution in [-0.4, -0.2) is 19.7 Å². The van der Waals surface area contributed by atoms with Crippen LogP contribution in [0.25, 0.3) is 0 Å². The van der Waals surface area contributed by atoms with Gasteiger partial charge in [0, 0.05) is 0 Å². The fourth-order valence-corrected chi connectivity index (χ4v) is 2.77. The van der Waals surface area contributed by atoms with Gasteiger partial charge in [-0.25, -0.2) is 0 Å². The van der Waals surface area contributed by atoms with E-state index in [0.29, 0.717) is 5.92 Å². The molecule has 0 spiro atoms. The summed E-state index contributed by atoms with van der Waals surface area (Å²) in [5.41, 5.74) is 1.33. The number of esters is 1. The predicted octanol–water partition coefficient (Wildman–Crippen LogP) is 3.61. The smallest absolute Gasteiger partial charge is 0.308 e. The van der Waals surface area contributed by atoms with Crippen LogP contribution in [0.3, 0.4) is 0 Å². The first-order valence-corrected chi connectivity index (χ1v) is 7.52. The predicted molar refractivity (Wildman–Crippen MR) is 78.8 cm³/mol. The monoisotopic (exact) mass is 276 g/mol. The van der Waals surface area contributed by atoms with Gasteiger partial charge < -0.3 is 9.47 Å². The summed E-state index contributed by atoms with van der Waals surface area (Å²) < 4.78 is 10.7. The summed E-state index contributed by atoms with van der Waals surface area (Å²) in [5.74, 6) is 1.54. The quantitative estimate of drug-likeness (QED) is 0.771. The van der Waals surface area contributed by atoms with Gasteiger partial charge in [0.1, 0.15) is 5.75 Å². The Bertz CT molecular complexity index is 416. The van der Waals surface area contributed by atoms with Gasteiger partial charge in [-0.05, 0) is 55.7 Å². The second-order valence-corrected chi connectivity index (χ2v) is 5.55. The van der Waals surface area contributed by atoms with E-state index in [1.54, 1.807) is 0 Å². The Hall–Kier alpha value is -1.51. The lowest BCUT2D eigenvalue weighted by Crippen LogP contribution is -2.25. The Morgan fingerprint density at radius 2 is 1.80 bits per heavy atom. The number of ether oxygens (including phenoxy) is 2. The van der Waals surface area contributed by atoms with E-state index >= 15 is 0 Å². The number of carbonyl (C=O) groups excluding carboxylic acids is 1. The first-order chi connectivity index (χ1) is 9.72. The van der Waals surface area contributed by atoms with Crippen LogP contribution in [0.15, 0.2) is 24.3 Å². The first kappa shape index (κ1) is 14.9. The summed E-state index contributed by atoms with van der Waals surface area (Å²) in [6.07, 6.45) is 5.00. The van der Waals surface area contributed by atoms with Crippen molar-refractivity contribution in [2.45, 2.75) is 39.0 Å². The third-order valence-corrected chi connectivity index (χ3v) is 4.20. The molecule has 1 saturated carbocycles. The molecule has 0 aromatic heterocycles. The highest BCUT2D eigenvalue weighted by Crippen LogP contribution is 2.30. The van der Waals surface area contributed by atoms with Gasteiger partial charge >= 0.3 is 5.97 Å². The van der Waals surface area contributed by atoms with Crippen LogP contribution in [0.4, 0.5) is 0 Å². The third-order valence-electron chi connectivity index (χ3n) is 4.20. The van der Waals surface area contributed by atoms with Gasteiger partial charge in [0.2, 0.25) is 0 Å².